The fraction of sp³-hybridized carbons (Fsp3) is 0.500. The number of hydrogen-bond donors (Lipinski definition) is 0. The number of rotatable bonds is 4. The second-order valence-electron chi connectivity index (χ2n) is 5.65. The number of carbonyl (C=O) groups is 2. The lowest BCUT2D eigenvalue weighted by Gasteiger charge is -2.33. The van der Waals surface area contributed by atoms with Crippen molar-refractivity contribution in [1.29, 1.82) is 0 Å². The van der Waals surface area contributed by atoms with Crippen LogP contribution in [0.2, 0.25) is 0 Å². The van der Waals surface area contributed by atoms with Gasteiger partial charge in [0.1, 0.15) is 12.4 Å². The standard InChI is InChI=1S/C16H22FN3O2/c1-13(21)20(11-14-5-3-4-6-15(14)17)12-16(22)19-9-7-18(2)8-10-19/h3-6H,7-12H2,1-2H3. The highest BCUT2D eigenvalue weighted by Crippen LogP contribution is 2.11. The number of amides is 2. The molecule has 0 aliphatic carbocycles. The third kappa shape index (κ3) is 4.27. The van der Waals surface area contributed by atoms with Gasteiger partial charge in [0.2, 0.25) is 11.8 Å². The van der Waals surface area contributed by atoms with Crippen LogP contribution in [0.25, 0.3) is 0 Å². The van der Waals surface area contributed by atoms with E-state index >= 15 is 0 Å². The molecule has 1 heterocycles. The molecule has 0 spiro atoms. The minimum Gasteiger partial charge on any atom is -0.339 e. The maximum absolute atomic E-state index is 13.7. The molecule has 120 valence electrons. The molecule has 1 aliphatic heterocycles. The molecule has 6 heteroatoms. The van der Waals surface area contributed by atoms with Gasteiger partial charge in [-0.25, -0.2) is 4.39 Å². The van der Waals surface area contributed by atoms with E-state index in [1.807, 2.05) is 7.05 Å². The summed E-state index contributed by atoms with van der Waals surface area (Å²) in [5.41, 5.74) is 0.420. The first kappa shape index (κ1) is 16.4. The molecule has 0 radical (unpaired) electrons. The van der Waals surface area contributed by atoms with E-state index in [4.69, 9.17) is 0 Å². The zero-order valence-electron chi connectivity index (χ0n) is 13.1. The van der Waals surface area contributed by atoms with E-state index in [-0.39, 0.29) is 30.7 Å². The third-order valence-corrected chi connectivity index (χ3v) is 3.95. The van der Waals surface area contributed by atoms with Gasteiger partial charge in [0.05, 0.1) is 0 Å². The van der Waals surface area contributed by atoms with E-state index in [2.05, 4.69) is 4.90 Å². The molecule has 0 bridgehead atoms. The van der Waals surface area contributed by atoms with Crippen LogP contribution >= 0.6 is 0 Å². The van der Waals surface area contributed by atoms with Crippen LogP contribution in [0.5, 0.6) is 0 Å². The summed E-state index contributed by atoms with van der Waals surface area (Å²) in [6.07, 6.45) is 0. The monoisotopic (exact) mass is 307 g/mol. The quantitative estimate of drug-likeness (QED) is 0.832. The molecule has 22 heavy (non-hydrogen) atoms. The Labute approximate surface area is 130 Å². The molecule has 0 aromatic heterocycles. The smallest absolute Gasteiger partial charge is 0.242 e. The summed E-state index contributed by atoms with van der Waals surface area (Å²) < 4.78 is 13.7. The Bertz CT molecular complexity index is 542. The fourth-order valence-electron chi connectivity index (χ4n) is 2.43. The van der Waals surface area contributed by atoms with Crippen molar-refractivity contribution in [2.45, 2.75) is 13.5 Å². The van der Waals surface area contributed by atoms with Gasteiger partial charge in [-0.3, -0.25) is 9.59 Å². The zero-order chi connectivity index (χ0) is 16.1. The van der Waals surface area contributed by atoms with Crippen LogP contribution in [0, 0.1) is 5.82 Å². The largest absolute Gasteiger partial charge is 0.339 e. The second-order valence-corrected chi connectivity index (χ2v) is 5.65. The highest BCUT2D eigenvalue weighted by molar-refractivity contribution is 5.83. The van der Waals surface area contributed by atoms with Crippen molar-refractivity contribution in [2.24, 2.45) is 0 Å². The van der Waals surface area contributed by atoms with Crippen LogP contribution in [0.15, 0.2) is 24.3 Å². The van der Waals surface area contributed by atoms with Gasteiger partial charge in [-0.2, -0.15) is 0 Å². The maximum Gasteiger partial charge on any atom is 0.242 e. The Hall–Kier alpha value is -1.95. The first-order valence-corrected chi connectivity index (χ1v) is 7.42. The Balaban J connectivity index is 1.98. The molecule has 2 amide bonds. The first-order chi connectivity index (χ1) is 10.5. The van der Waals surface area contributed by atoms with E-state index in [9.17, 15) is 14.0 Å². The van der Waals surface area contributed by atoms with Crippen molar-refractivity contribution in [1.82, 2.24) is 14.7 Å². The summed E-state index contributed by atoms with van der Waals surface area (Å²) in [4.78, 5) is 29.4. The zero-order valence-corrected chi connectivity index (χ0v) is 13.1. The van der Waals surface area contributed by atoms with E-state index in [0.717, 1.165) is 13.1 Å². The number of halogens is 1. The second kappa shape index (κ2) is 7.35. The minimum atomic E-state index is -0.360. The summed E-state index contributed by atoms with van der Waals surface area (Å²) in [5, 5.41) is 0. The lowest BCUT2D eigenvalue weighted by Crippen LogP contribution is -2.50. The van der Waals surface area contributed by atoms with Crippen LogP contribution in [-0.2, 0) is 16.1 Å². The topological polar surface area (TPSA) is 43.9 Å². The van der Waals surface area contributed by atoms with Gasteiger partial charge in [0.15, 0.2) is 0 Å². The fourth-order valence-corrected chi connectivity index (χ4v) is 2.43. The van der Waals surface area contributed by atoms with Gasteiger partial charge in [0.25, 0.3) is 0 Å². The SMILES string of the molecule is CC(=O)N(CC(=O)N1CCN(C)CC1)Cc1ccccc1F. The highest BCUT2D eigenvalue weighted by Gasteiger charge is 2.22. The maximum atomic E-state index is 13.7. The van der Waals surface area contributed by atoms with Gasteiger partial charge >= 0.3 is 0 Å². The molecule has 1 fully saturated rings. The van der Waals surface area contributed by atoms with Gasteiger partial charge in [0, 0.05) is 45.2 Å². The number of benzene rings is 1. The Morgan fingerprint density at radius 1 is 1.18 bits per heavy atom. The molecular weight excluding hydrogens is 285 g/mol. The summed E-state index contributed by atoms with van der Waals surface area (Å²) in [6, 6.07) is 6.31. The van der Waals surface area contributed by atoms with Crippen LogP contribution in [0.4, 0.5) is 4.39 Å². The Morgan fingerprint density at radius 2 is 1.82 bits per heavy atom. The van der Waals surface area contributed by atoms with Crippen molar-refractivity contribution in [3.8, 4) is 0 Å². The van der Waals surface area contributed by atoms with Crippen LogP contribution in [0.3, 0.4) is 0 Å². The van der Waals surface area contributed by atoms with Crippen molar-refractivity contribution in [3.05, 3.63) is 35.6 Å². The molecule has 0 unspecified atom stereocenters. The molecule has 0 saturated carbocycles. The van der Waals surface area contributed by atoms with Crippen molar-refractivity contribution in [3.63, 3.8) is 0 Å². The van der Waals surface area contributed by atoms with Crippen LogP contribution < -0.4 is 0 Å². The van der Waals surface area contributed by atoms with Gasteiger partial charge in [-0.1, -0.05) is 18.2 Å². The molecule has 0 atom stereocenters. The molecule has 5 nitrogen and oxygen atoms in total. The van der Waals surface area contributed by atoms with Gasteiger partial charge in [-0.05, 0) is 13.1 Å². The summed E-state index contributed by atoms with van der Waals surface area (Å²) >= 11 is 0. The van der Waals surface area contributed by atoms with E-state index in [1.54, 1.807) is 23.1 Å². The average Bonchev–Trinajstić information content (AvgIpc) is 2.49. The molecule has 0 N–H and O–H groups in total. The molecule has 1 saturated heterocycles. The number of nitrogens with zero attached hydrogens (tertiary/aromatic N) is 3. The average molecular weight is 307 g/mol. The van der Waals surface area contributed by atoms with Gasteiger partial charge in [-0.15, -0.1) is 0 Å². The van der Waals surface area contributed by atoms with Crippen LogP contribution in [-0.4, -0.2) is 66.3 Å². The van der Waals surface area contributed by atoms with Crippen LogP contribution in [0.1, 0.15) is 12.5 Å². The first-order valence-electron chi connectivity index (χ1n) is 7.42. The Morgan fingerprint density at radius 3 is 2.41 bits per heavy atom. The van der Waals surface area contributed by atoms with Gasteiger partial charge < -0.3 is 14.7 Å². The Kier molecular flexibility index (Phi) is 5.49. The van der Waals surface area contributed by atoms with E-state index < -0.39 is 0 Å². The minimum absolute atomic E-state index is 0.00657. The molecular formula is C16H22FN3O2. The summed E-state index contributed by atoms with van der Waals surface area (Å²) in [6.45, 7) is 4.51. The number of hydrogen-bond acceptors (Lipinski definition) is 3. The molecule has 2 rings (SSSR count). The number of piperazine rings is 1. The summed E-state index contributed by atoms with van der Waals surface area (Å²) in [7, 11) is 2.02. The summed E-state index contributed by atoms with van der Waals surface area (Å²) in [5.74, 6) is -0.675. The molecule has 1 aliphatic rings. The predicted octanol–water partition coefficient (Wildman–Crippen LogP) is 0.948. The van der Waals surface area contributed by atoms with E-state index in [0.29, 0.717) is 18.7 Å². The van der Waals surface area contributed by atoms with Crippen molar-refractivity contribution in [2.75, 3.05) is 39.8 Å². The molecule has 1 aromatic rings. The molecule has 1 aromatic carbocycles. The van der Waals surface area contributed by atoms with Crippen molar-refractivity contribution >= 4 is 11.8 Å². The normalized spacial score (nSPS) is 15.7. The highest BCUT2D eigenvalue weighted by atomic mass is 19.1. The van der Waals surface area contributed by atoms with Crippen molar-refractivity contribution < 1.29 is 14.0 Å². The lowest BCUT2D eigenvalue weighted by molar-refractivity contribution is -0.140. The third-order valence-electron chi connectivity index (χ3n) is 3.95. The predicted molar refractivity (Wildman–Crippen MR) is 81.6 cm³/mol. The lowest BCUT2D eigenvalue weighted by atomic mass is 10.2. The van der Waals surface area contributed by atoms with E-state index in [1.165, 1.54) is 17.9 Å². The number of carbonyl (C=O) groups excluding carboxylic acids is 2. The number of likely N-dealkylation sites (N-methyl/N-ethyl adjacent to an activating group) is 1.